The summed E-state index contributed by atoms with van der Waals surface area (Å²) >= 11 is 1.85. The van der Waals surface area contributed by atoms with Gasteiger partial charge in [0.15, 0.2) is 0 Å². The van der Waals surface area contributed by atoms with Crippen molar-refractivity contribution in [2.45, 2.75) is 18.7 Å². The van der Waals surface area contributed by atoms with Crippen molar-refractivity contribution < 1.29 is 0 Å². The summed E-state index contributed by atoms with van der Waals surface area (Å²) in [4.78, 5) is 1.34. The molecular formula is C10H15NS. The molecule has 1 aromatic rings. The molecule has 0 aliphatic carbocycles. The van der Waals surface area contributed by atoms with Crippen molar-refractivity contribution in [2.75, 3.05) is 12.4 Å². The summed E-state index contributed by atoms with van der Waals surface area (Å²) in [6, 6.07) is 8.58. The second kappa shape index (κ2) is 5.22. The normalized spacial score (nSPS) is 10.2. The van der Waals surface area contributed by atoms with Gasteiger partial charge in [-0.2, -0.15) is 0 Å². The Hall–Kier alpha value is -0.470. The topological polar surface area (TPSA) is 12.0 Å². The van der Waals surface area contributed by atoms with Crippen LogP contribution in [-0.4, -0.2) is 12.4 Å². The highest BCUT2D eigenvalue weighted by atomic mass is 32.2. The van der Waals surface area contributed by atoms with Crippen LogP contribution in [0.1, 0.15) is 12.5 Å². The van der Waals surface area contributed by atoms with Gasteiger partial charge < -0.3 is 5.32 Å². The van der Waals surface area contributed by atoms with E-state index in [9.17, 15) is 0 Å². The first-order valence-electron chi connectivity index (χ1n) is 4.23. The molecule has 0 saturated heterocycles. The third kappa shape index (κ3) is 3.28. The van der Waals surface area contributed by atoms with Gasteiger partial charge in [0.1, 0.15) is 0 Å². The maximum Gasteiger partial charge on any atom is 0.0465 e. The molecule has 0 atom stereocenters. The van der Waals surface area contributed by atoms with E-state index < -0.39 is 0 Å². The van der Waals surface area contributed by atoms with Gasteiger partial charge in [-0.15, -0.1) is 11.8 Å². The highest BCUT2D eigenvalue weighted by molar-refractivity contribution is 7.99. The Balaban J connectivity index is 2.41. The zero-order chi connectivity index (χ0) is 8.81. The van der Waals surface area contributed by atoms with E-state index in [1.54, 1.807) is 0 Å². The van der Waals surface area contributed by atoms with Gasteiger partial charge in [-0.1, -0.05) is 24.6 Å². The van der Waals surface area contributed by atoms with Crippen LogP contribution in [0.25, 0.3) is 0 Å². The van der Waals surface area contributed by atoms with Gasteiger partial charge in [-0.3, -0.25) is 0 Å². The molecule has 12 heavy (non-hydrogen) atoms. The number of aryl methyl sites for hydroxylation is 1. The molecule has 0 aromatic heterocycles. The zero-order valence-electron chi connectivity index (χ0n) is 7.63. The lowest BCUT2D eigenvalue weighted by Crippen LogP contribution is -2.10. The minimum atomic E-state index is 1.000. The Morgan fingerprint density at radius 1 is 1.42 bits per heavy atom. The first-order chi connectivity index (χ1) is 5.83. The lowest BCUT2D eigenvalue weighted by Gasteiger charge is -2.02. The van der Waals surface area contributed by atoms with Crippen molar-refractivity contribution in [1.29, 1.82) is 0 Å². The third-order valence-electron chi connectivity index (χ3n) is 1.58. The quantitative estimate of drug-likeness (QED) is 0.435. The molecule has 2 heteroatoms. The molecule has 0 bridgehead atoms. The van der Waals surface area contributed by atoms with E-state index in [4.69, 9.17) is 0 Å². The van der Waals surface area contributed by atoms with Crippen molar-refractivity contribution in [2.24, 2.45) is 0 Å². The lowest BCUT2D eigenvalue weighted by atomic mass is 10.2. The van der Waals surface area contributed by atoms with Gasteiger partial charge in [0.2, 0.25) is 0 Å². The summed E-state index contributed by atoms with van der Waals surface area (Å²) in [6.07, 6.45) is 0. The maximum atomic E-state index is 3.28. The molecule has 0 saturated carbocycles. The second-order valence-corrected chi connectivity index (χ2v) is 3.76. The average Bonchev–Trinajstić information content (AvgIpc) is 2.05. The molecule has 0 spiro atoms. The smallest absolute Gasteiger partial charge is 0.0465 e. The molecule has 1 rings (SSSR count). The number of hydrogen-bond acceptors (Lipinski definition) is 2. The number of thioether (sulfide) groups is 1. The van der Waals surface area contributed by atoms with E-state index in [-0.39, 0.29) is 0 Å². The largest absolute Gasteiger partial charge is 0.308 e. The summed E-state index contributed by atoms with van der Waals surface area (Å²) in [5.74, 6) is 1.000. The first kappa shape index (κ1) is 9.62. The van der Waals surface area contributed by atoms with E-state index in [0.29, 0.717) is 0 Å². The van der Waals surface area contributed by atoms with E-state index in [0.717, 1.165) is 12.4 Å². The monoisotopic (exact) mass is 181 g/mol. The standard InChI is InChI=1S/C10H15NS/c1-3-11-8-12-10-6-4-5-9(2)7-10/h4-7,11H,3,8H2,1-2H3. The van der Waals surface area contributed by atoms with Crippen LogP contribution >= 0.6 is 11.8 Å². The highest BCUT2D eigenvalue weighted by Crippen LogP contribution is 2.17. The van der Waals surface area contributed by atoms with E-state index in [1.165, 1.54) is 10.5 Å². The minimum absolute atomic E-state index is 1.000. The second-order valence-electron chi connectivity index (χ2n) is 2.71. The van der Waals surface area contributed by atoms with Crippen LogP contribution in [0.5, 0.6) is 0 Å². The fourth-order valence-corrected chi connectivity index (χ4v) is 1.86. The minimum Gasteiger partial charge on any atom is -0.308 e. The molecule has 0 unspecified atom stereocenters. The van der Waals surface area contributed by atoms with Crippen LogP contribution in [-0.2, 0) is 0 Å². The molecule has 1 nitrogen and oxygen atoms in total. The Morgan fingerprint density at radius 2 is 2.25 bits per heavy atom. The molecule has 0 radical (unpaired) electrons. The predicted octanol–water partition coefficient (Wildman–Crippen LogP) is 2.65. The fourth-order valence-electron chi connectivity index (χ4n) is 0.942. The van der Waals surface area contributed by atoms with Crippen molar-refractivity contribution >= 4 is 11.8 Å². The molecule has 66 valence electrons. The van der Waals surface area contributed by atoms with Crippen molar-refractivity contribution in [3.63, 3.8) is 0 Å². The van der Waals surface area contributed by atoms with Gasteiger partial charge in [0, 0.05) is 10.8 Å². The summed E-state index contributed by atoms with van der Waals surface area (Å²) in [5.41, 5.74) is 1.33. The molecule has 0 aliphatic rings. The van der Waals surface area contributed by atoms with Crippen molar-refractivity contribution in [3.8, 4) is 0 Å². The van der Waals surface area contributed by atoms with Crippen molar-refractivity contribution in [3.05, 3.63) is 29.8 Å². The van der Waals surface area contributed by atoms with Crippen LogP contribution in [0.3, 0.4) is 0 Å². The van der Waals surface area contributed by atoms with Gasteiger partial charge in [-0.25, -0.2) is 0 Å². The van der Waals surface area contributed by atoms with E-state index >= 15 is 0 Å². The number of hydrogen-bond donors (Lipinski definition) is 1. The van der Waals surface area contributed by atoms with Gasteiger partial charge >= 0.3 is 0 Å². The van der Waals surface area contributed by atoms with Crippen LogP contribution in [0.4, 0.5) is 0 Å². The Kier molecular flexibility index (Phi) is 4.19. The molecule has 1 N–H and O–H groups in total. The van der Waals surface area contributed by atoms with Gasteiger partial charge in [0.05, 0.1) is 0 Å². The molecular weight excluding hydrogens is 166 g/mol. The molecule has 1 aromatic carbocycles. The Morgan fingerprint density at radius 3 is 2.92 bits per heavy atom. The highest BCUT2D eigenvalue weighted by Gasteiger charge is 1.91. The molecule has 0 heterocycles. The van der Waals surface area contributed by atoms with Gasteiger partial charge in [-0.05, 0) is 25.6 Å². The first-order valence-corrected chi connectivity index (χ1v) is 5.21. The lowest BCUT2D eigenvalue weighted by molar-refractivity contribution is 0.839. The number of nitrogens with one attached hydrogen (secondary N) is 1. The maximum absolute atomic E-state index is 3.28. The summed E-state index contributed by atoms with van der Waals surface area (Å²) in [5, 5.41) is 3.28. The van der Waals surface area contributed by atoms with E-state index in [2.05, 4.69) is 43.4 Å². The number of benzene rings is 1. The van der Waals surface area contributed by atoms with Crippen LogP contribution < -0.4 is 5.32 Å². The van der Waals surface area contributed by atoms with E-state index in [1.807, 2.05) is 11.8 Å². The predicted molar refractivity (Wildman–Crippen MR) is 55.6 cm³/mol. The average molecular weight is 181 g/mol. The van der Waals surface area contributed by atoms with Crippen LogP contribution in [0.15, 0.2) is 29.2 Å². The van der Waals surface area contributed by atoms with Gasteiger partial charge in [0.25, 0.3) is 0 Å². The van der Waals surface area contributed by atoms with Crippen LogP contribution in [0.2, 0.25) is 0 Å². The molecule has 0 amide bonds. The van der Waals surface area contributed by atoms with Crippen LogP contribution in [0, 0.1) is 6.92 Å². The number of rotatable bonds is 4. The zero-order valence-corrected chi connectivity index (χ0v) is 8.45. The molecule has 0 fully saturated rings. The fraction of sp³-hybridized carbons (Fsp3) is 0.400. The SMILES string of the molecule is CCNCSc1cccc(C)c1. The third-order valence-corrected chi connectivity index (χ3v) is 2.52. The Labute approximate surface area is 78.6 Å². The Bertz CT molecular complexity index is 235. The molecule has 0 aliphatic heterocycles. The summed E-state index contributed by atoms with van der Waals surface area (Å²) in [6.45, 7) is 5.28. The van der Waals surface area contributed by atoms with Crippen molar-refractivity contribution in [1.82, 2.24) is 5.32 Å². The summed E-state index contributed by atoms with van der Waals surface area (Å²) < 4.78 is 0. The summed E-state index contributed by atoms with van der Waals surface area (Å²) in [7, 11) is 0.